The monoisotopic (exact) mass is 318 g/mol. The molecule has 0 spiro atoms. The minimum Gasteiger partial charge on any atom is -0.381 e. The van der Waals surface area contributed by atoms with E-state index < -0.39 is 0 Å². The van der Waals surface area contributed by atoms with Crippen molar-refractivity contribution in [1.82, 2.24) is 10.1 Å². The van der Waals surface area contributed by atoms with E-state index in [1.165, 1.54) is 0 Å². The van der Waals surface area contributed by atoms with Gasteiger partial charge in [-0.25, -0.2) is 0 Å². The standard InChI is InChI=1S/C18H26N2O3/c1-18-9-10-20(15(18)8-7-12(11-18)22-2)17(21)16-13-5-3-4-6-14(13)23-19-16/h12,15H,3-11H2,1-2H3/t12-,15-,18+/m1/s1. The number of methoxy groups -OCH3 is 1. The zero-order valence-electron chi connectivity index (χ0n) is 14.1. The molecule has 5 heteroatoms. The molecule has 0 radical (unpaired) electrons. The molecule has 3 atom stereocenters. The summed E-state index contributed by atoms with van der Waals surface area (Å²) < 4.78 is 11.0. The minimum atomic E-state index is 0.0847. The van der Waals surface area contributed by atoms with Crippen LogP contribution in [0.15, 0.2) is 4.52 Å². The maximum Gasteiger partial charge on any atom is 0.276 e. The number of amides is 1. The Balaban J connectivity index is 1.57. The van der Waals surface area contributed by atoms with E-state index in [0.717, 1.165) is 69.2 Å². The molecule has 0 aromatic carbocycles. The largest absolute Gasteiger partial charge is 0.381 e. The van der Waals surface area contributed by atoms with Gasteiger partial charge in [0.25, 0.3) is 5.91 Å². The molecule has 2 fully saturated rings. The zero-order valence-corrected chi connectivity index (χ0v) is 14.1. The van der Waals surface area contributed by atoms with Crippen LogP contribution in [0.5, 0.6) is 0 Å². The van der Waals surface area contributed by atoms with Gasteiger partial charge in [-0.3, -0.25) is 4.79 Å². The van der Waals surface area contributed by atoms with Crippen LogP contribution < -0.4 is 0 Å². The van der Waals surface area contributed by atoms with Gasteiger partial charge in [0.2, 0.25) is 0 Å². The second-order valence-corrected chi connectivity index (χ2v) is 7.70. The fourth-order valence-electron chi connectivity index (χ4n) is 4.92. The van der Waals surface area contributed by atoms with Crippen molar-refractivity contribution < 1.29 is 14.1 Å². The first-order valence-corrected chi connectivity index (χ1v) is 8.93. The third-order valence-electron chi connectivity index (χ3n) is 6.31. The highest BCUT2D eigenvalue weighted by Crippen LogP contribution is 2.47. The molecule has 1 aromatic rings. The lowest BCUT2D eigenvalue weighted by molar-refractivity contribution is -0.00296. The number of likely N-dealkylation sites (tertiary alicyclic amines) is 1. The van der Waals surface area contributed by atoms with Crippen LogP contribution in [-0.4, -0.2) is 41.8 Å². The number of rotatable bonds is 2. The first-order chi connectivity index (χ1) is 11.1. The lowest BCUT2D eigenvalue weighted by atomic mass is 9.71. The van der Waals surface area contributed by atoms with Gasteiger partial charge in [0.15, 0.2) is 5.69 Å². The number of ether oxygens (including phenoxy) is 1. The van der Waals surface area contributed by atoms with Crippen molar-refractivity contribution in [2.45, 2.75) is 70.4 Å². The number of fused-ring (bicyclic) bond motifs is 2. The molecule has 2 heterocycles. The van der Waals surface area contributed by atoms with Gasteiger partial charge in [-0.2, -0.15) is 0 Å². The maximum atomic E-state index is 13.1. The molecule has 1 amide bonds. The van der Waals surface area contributed by atoms with Crippen molar-refractivity contribution in [2.24, 2.45) is 5.41 Å². The van der Waals surface area contributed by atoms with Gasteiger partial charge in [0.05, 0.1) is 6.10 Å². The lowest BCUT2D eigenvalue weighted by Gasteiger charge is -2.42. The highest BCUT2D eigenvalue weighted by atomic mass is 16.5. The summed E-state index contributed by atoms with van der Waals surface area (Å²) in [5, 5.41) is 4.14. The SMILES string of the molecule is CO[C@@H]1CC[C@H]2N(C(=O)c3noc4c3CCCC4)CC[C@@]2(C)C1. The van der Waals surface area contributed by atoms with E-state index in [4.69, 9.17) is 9.26 Å². The Kier molecular flexibility index (Phi) is 3.71. The van der Waals surface area contributed by atoms with Crippen molar-refractivity contribution in [3.05, 3.63) is 17.0 Å². The number of hydrogen-bond acceptors (Lipinski definition) is 4. The van der Waals surface area contributed by atoms with Crippen LogP contribution in [0.3, 0.4) is 0 Å². The van der Waals surface area contributed by atoms with Gasteiger partial charge in [0.1, 0.15) is 5.76 Å². The first kappa shape index (κ1) is 15.2. The van der Waals surface area contributed by atoms with Crippen LogP contribution >= 0.6 is 0 Å². The first-order valence-electron chi connectivity index (χ1n) is 8.93. The van der Waals surface area contributed by atoms with Crippen molar-refractivity contribution in [1.29, 1.82) is 0 Å². The summed E-state index contributed by atoms with van der Waals surface area (Å²) in [5.74, 6) is 1.02. The van der Waals surface area contributed by atoms with Gasteiger partial charge >= 0.3 is 0 Å². The van der Waals surface area contributed by atoms with E-state index in [1.807, 2.05) is 0 Å². The second-order valence-electron chi connectivity index (χ2n) is 7.70. The van der Waals surface area contributed by atoms with E-state index in [2.05, 4.69) is 17.0 Å². The molecule has 1 aliphatic heterocycles. The summed E-state index contributed by atoms with van der Waals surface area (Å²) in [6.45, 7) is 3.15. The Labute approximate surface area is 137 Å². The third kappa shape index (κ3) is 2.40. The lowest BCUT2D eigenvalue weighted by Crippen LogP contribution is -2.46. The number of carbonyl (C=O) groups is 1. The fraction of sp³-hybridized carbons (Fsp3) is 0.778. The molecule has 0 unspecified atom stereocenters. The van der Waals surface area contributed by atoms with Gasteiger partial charge in [-0.1, -0.05) is 12.1 Å². The van der Waals surface area contributed by atoms with E-state index >= 15 is 0 Å². The fourth-order valence-corrected chi connectivity index (χ4v) is 4.92. The second kappa shape index (κ2) is 5.62. The van der Waals surface area contributed by atoms with Crippen molar-refractivity contribution in [3.8, 4) is 0 Å². The summed E-state index contributed by atoms with van der Waals surface area (Å²) in [6, 6.07) is 0.317. The molecule has 4 rings (SSSR count). The number of hydrogen-bond donors (Lipinski definition) is 0. The van der Waals surface area contributed by atoms with Crippen molar-refractivity contribution in [3.63, 3.8) is 0 Å². The van der Waals surface area contributed by atoms with Gasteiger partial charge in [0, 0.05) is 31.7 Å². The van der Waals surface area contributed by atoms with Crippen LogP contribution in [0.4, 0.5) is 0 Å². The Morgan fingerprint density at radius 1 is 1.35 bits per heavy atom. The zero-order chi connectivity index (χ0) is 16.0. The van der Waals surface area contributed by atoms with Crippen LogP contribution in [0.25, 0.3) is 0 Å². The van der Waals surface area contributed by atoms with Crippen LogP contribution in [0.1, 0.15) is 67.3 Å². The van der Waals surface area contributed by atoms with Gasteiger partial charge < -0.3 is 14.2 Å². The summed E-state index contributed by atoms with van der Waals surface area (Å²) in [6.07, 6.45) is 8.64. The number of carbonyl (C=O) groups excluding carboxylic acids is 1. The third-order valence-corrected chi connectivity index (χ3v) is 6.31. The van der Waals surface area contributed by atoms with Crippen LogP contribution in [-0.2, 0) is 17.6 Å². The Hall–Kier alpha value is -1.36. The molecule has 1 saturated carbocycles. The molecule has 0 N–H and O–H groups in total. The summed E-state index contributed by atoms with van der Waals surface area (Å²) >= 11 is 0. The van der Waals surface area contributed by atoms with Crippen LogP contribution in [0.2, 0.25) is 0 Å². The quantitative estimate of drug-likeness (QED) is 0.841. The normalized spacial score (nSPS) is 33.4. The summed E-state index contributed by atoms with van der Waals surface area (Å²) in [4.78, 5) is 15.2. The molecule has 1 saturated heterocycles. The molecule has 2 aliphatic carbocycles. The molecule has 23 heavy (non-hydrogen) atoms. The molecular formula is C18H26N2O3. The molecule has 0 bridgehead atoms. The Morgan fingerprint density at radius 2 is 2.17 bits per heavy atom. The molecule has 5 nitrogen and oxygen atoms in total. The number of aromatic nitrogens is 1. The number of nitrogens with zero attached hydrogens (tertiary/aromatic N) is 2. The summed E-state index contributed by atoms with van der Waals surface area (Å²) in [7, 11) is 1.80. The van der Waals surface area contributed by atoms with Crippen molar-refractivity contribution in [2.75, 3.05) is 13.7 Å². The average molecular weight is 318 g/mol. The Morgan fingerprint density at radius 3 is 3.00 bits per heavy atom. The topological polar surface area (TPSA) is 55.6 Å². The maximum absolute atomic E-state index is 13.1. The van der Waals surface area contributed by atoms with E-state index in [-0.39, 0.29) is 11.3 Å². The van der Waals surface area contributed by atoms with Crippen molar-refractivity contribution >= 4 is 5.91 Å². The average Bonchev–Trinajstić information content (AvgIpc) is 3.14. The molecule has 1 aromatic heterocycles. The highest BCUT2D eigenvalue weighted by molar-refractivity contribution is 5.94. The highest BCUT2D eigenvalue weighted by Gasteiger charge is 2.50. The van der Waals surface area contributed by atoms with E-state index in [1.54, 1.807) is 7.11 Å². The molecule has 3 aliphatic rings. The predicted octanol–water partition coefficient (Wildman–Crippen LogP) is 2.97. The van der Waals surface area contributed by atoms with E-state index in [0.29, 0.717) is 17.8 Å². The van der Waals surface area contributed by atoms with E-state index in [9.17, 15) is 4.79 Å². The minimum absolute atomic E-state index is 0.0847. The smallest absolute Gasteiger partial charge is 0.276 e. The van der Waals surface area contributed by atoms with Gasteiger partial charge in [-0.05, 0) is 50.4 Å². The van der Waals surface area contributed by atoms with Crippen LogP contribution in [0, 0.1) is 5.41 Å². The predicted molar refractivity (Wildman–Crippen MR) is 85.3 cm³/mol. The number of aryl methyl sites for hydroxylation is 1. The Bertz CT molecular complexity index is 611. The van der Waals surface area contributed by atoms with Gasteiger partial charge in [-0.15, -0.1) is 0 Å². The molecular weight excluding hydrogens is 292 g/mol. The molecule has 126 valence electrons. The summed E-state index contributed by atoms with van der Waals surface area (Å²) in [5.41, 5.74) is 1.83.